The Morgan fingerprint density at radius 2 is 2.24 bits per heavy atom. The normalized spacial score (nSPS) is 25.2. The fraction of sp³-hybridized carbons (Fsp3) is 0.417. The molecule has 0 aliphatic carbocycles. The number of benzene rings is 1. The largest absolute Gasteiger partial charge is 0.389 e. The molecule has 0 saturated carbocycles. The van der Waals surface area contributed by atoms with E-state index in [-0.39, 0.29) is 18.3 Å². The van der Waals surface area contributed by atoms with Gasteiger partial charge in [0.15, 0.2) is 0 Å². The molecule has 0 radical (unpaired) electrons. The van der Waals surface area contributed by atoms with E-state index in [9.17, 15) is 9.90 Å². The van der Waals surface area contributed by atoms with Crippen LogP contribution in [0.25, 0.3) is 11.0 Å². The number of para-hydroxylation sites is 2. The summed E-state index contributed by atoms with van der Waals surface area (Å²) in [5.74, 6) is 0. The predicted molar refractivity (Wildman–Crippen MR) is 63.0 cm³/mol. The van der Waals surface area contributed by atoms with E-state index in [1.807, 2.05) is 24.3 Å². The molecule has 0 spiro atoms. The Kier molecular flexibility index (Phi) is 2.49. The standard InChI is InChI=1S/C12H14N2O3/c15-11-7-17-6-5-10(11)14-9-4-2-1-3-8(9)13-12(14)16/h1-4,10-11,15H,5-7H2,(H,13,16)/t10?,11-/m0/s1. The Balaban J connectivity index is 2.15. The molecule has 3 rings (SSSR count). The molecule has 0 amide bonds. The molecule has 2 atom stereocenters. The van der Waals surface area contributed by atoms with E-state index in [4.69, 9.17) is 4.74 Å². The van der Waals surface area contributed by atoms with Crippen molar-refractivity contribution in [1.82, 2.24) is 9.55 Å². The molecule has 0 bridgehead atoms. The highest BCUT2D eigenvalue weighted by Gasteiger charge is 2.27. The summed E-state index contributed by atoms with van der Waals surface area (Å²) in [6.07, 6.45) is 0.0313. The fourth-order valence-corrected chi connectivity index (χ4v) is 2.42. The number of nitrogens with one attached hydrogen (secondary N) is 1. The van der Waals surface area contributed by atoms with E-state index < -0.39 is 6.10 Å². The van der Waals surface area contributed by atoms with Crippen molar-refractivity contribution in [3.63, 3.8) is 0 Å². The first-order valence-electron chi connectivity index (χ1n) is 5.72. The van der Waals surface area contributed by atoms with Crippen LogP contribution >= 0.6 is 0 Å². The van der Waals surface area contributed by atoms with Gasteiger partial charge in [-0.05, 0) is 18.6 Å². The number of hydrogen-bond donors (Lipinski definition) is 2. The number of fused-ring (bicyclic) bond motifs is 1. The van der Waals surface area contributed by atoms with Gasteiger partial charge in [-0.25, -0.2) is 4.79 Å². The maximum absolute atomic E-state index is 11.9. The molecule has 2 N–H and O–H groups in total. The molecule has 2 heterocycles. The number of imidazole rings is 1. The Labute approximate surface area is 97.6 Å². The summed E-state index contributed by atoms with van der Waals surface area (Å²) in [6, 6.07) is 7.31. The summed E-state index contributed by atoms with van der Waals surface area (Å²) in [5, 5.41) is 9.93. The number of H-pyrrole nitrogens is 1. The third-order valence-corrected chi connectivity index (χ3v) is 3.25. The smallest absolute Gasteiger partial charge is 0.326 e. The lowest BCUT2D eigenvalue weighted by Crippen LogP contribution is -2.38. The molecule has 1 aliphatic rings. The van der Waals surface area contributed by atoms with Crippen molar-refractivity contribution in [2.45, 2.75) is 18.6 Å². The van der Waals surface area contributed by atoms with Gasteiger partial charge in [-0.3, -0.25) is 4.57 Å². The first-order valence-corrected chi connectivity index (χ1v) is 5.72. The molecule has 1 saturated heterocycles. The maximum atomic E-state index is 11.9. The van der Waals surface area contributed by atoms with E-state index in [2.05, 4.69) is 4.98 Å². The zero-order valence-electron chi connectivity index (χ0n) is 9.30. The average molecular weight is 234 g/mol. The van der Waals surface area contributed by atoms with Crippen LogP contribution in [0.2, 0.25) is 0 Å². The van der Waals surface area contributed by atoms with Crippen LogP contribution in [0, 0.1) is 0 Å². The zero-order valence-corrected chi connectivity index (χ0v) is 9.30. The second-order valence-corrected chi connectivity index (χ2v) is 4.32. The Bertz CT molecular complexity index is 587. The Morgan fingerprint density at radius 3 is 3.06 bits per heavy atom. The highest BCUT2D eigenvalue weighted by atomic mass is 16.5. The molecule has 5 nitrogen and oxygen atoms in total. The van der Waals surface area contributed by atoms with Gasteiger partial charge in [0.05, 0.1) is 29.8 Å². The number of hydrogen-bond acceptors (Lipinski definition) is 3. The van der Waals surface area contributed by atoms with Crippen LogP contribution in [0.3, 0.4) is 0 Å². The van der Waals surface area contributed by atoms with Crippen molar-refractivity contribution >= 4 is 11.0 Å². The second-order valence-electron chi connectivity index (χ2n) is 4.32. The van der Waals surface area contributed by atoms with E-state index in [0.29, 0.717) is 13.0 Å². The summed E-state index contributed by atoms with van der Waals surface area (Å²) in [4.78, 5) is 14.7. The molecule has 1 aliphatic heterocycles. The van der Waals surface area contributed by atoms with Crippen molar-refractivity contribution in [3.05, 3.63) is 34.7 Å². The first kappa shape index (κ1) is 10.6. The number of aromatic nitrogens is 2. The molecular formula is C12H14N2O3. The lowest BCUT2D eigenvalue weighted by molar-refractivity contribution is -0.0382. The number of aliphatic hydroxyl groups is 1. The SMILES string of the molecule is O=c1[nH]c2ccccc2n1C1CCOC[C@@H]1O. The molecule has 1 aromatic heterocycles. The van der Waals surface area contributed by atoms with Gasteiger partial charge in [0.25, 0.3) is 0 Å². The molecule has 90 valence electrons. The molecular weight excluding hydrogens is 220 g/mol. The summed E-state index contributed by atoms with van der Waals surface area (Å²) in [5.41, 5.74) is 1.47. The average Bonchev–Trinajstić information content (AvgIpc) is 2.66. The minimum atomic E-state index is -0.624. The highest BCUT2D eigenvalue weighted by molar-refractivity contribution is 5.75. The third-order valence-electron chi connectivity index (χ3n) is 3.25. The molecule has 1 unspecified atom stereocenters. The predicted octanol–water partition coefficient (Wildman–Crippen LogP) is 0.652. The van der Waals surface area contributed by atoms with Gasteiger partial charge in [-0.15, -0.1) is 0 Å². The van der Waals surface area contributed by atoms with Crippen molar-refractivity contribution < 1.29 is 9.84 Å². The van der Waals surface area contributed by atoms with Gasteiger partial charge >= 0.3 is 5.69 Å². The molecule has 5 heteroatoms. The minimum Gasteiger partial charge on any atom is -0.389 e. The van der Waals surface area contributed by atoms with Gasteiger partial charge in [0.1, 0.15) is 0 Å². The summed E-state index contributed by atoms with van der Waals surface area (Å²) < 4.78 is 6.83. The number of ether oxygens (including phenoxy) is 1. The number of aliphatic hydroxyl groups excluding tert-OH is 1. The maximum Gasteiger partial charge on any atom is 0.326 e. The lowest BCUT2D eigenvalue weighted by atomic mass is 10.1. The van der Waals surface area contributed by atoms with E-state index in [1.54, 1.807) is 4.57 Å². The Hall–Kier alpha value is -1.59. The van der Waals surface area contributed by atoms with Gasteiger partial charge < -0.3 is 14.8 Å². The third kappa shape index (κ3) is 1.67. The monoisotopic (exact) mass is 234 g/mol. The molecule has 2 aromatic rings. The fourth-order valence-electron chi connectivity index (χ4n) is 2.42. The number of aromatic amines is 1. The highest BCUT2D eigenvalue weighted by Crippen LogP contribution is 2.23. The summed E-state index contributed by atoms with van der Waals surface area (Å²) in [7, 11) is 0. The van der Waals surface area contributed by atoms with Crippen molar-refractivity contribution in [3.8, 4) is 0 Å². The van der Waals surface area contributed by atoms with Crippen LogP contribution in [-0.2, 0) is 4.74 Å². The zero-order chi connectivity index (χ0) is 11.8. The van der Waals surface area contributed by atoms with Crippen molar-refractivity contribution in [2.24, 2.45) is 0 Å². The van der Waals surface area contributed by atoms with E-state index in [1.165, 1.54) is 0 Å². The minimum absolute atomic E-state index is 0.169. The second kappa shape index (κ2) is 4.01. The number of rotatable bonds is 1. The van der Waals surface area contributed by atoms with E-state index >= 15 is 0 Å². The van der Waals surface area contributed by atoms with Crippen LogP contribution in [-0.4, -0.2) is 34.0 Å². The Morgan fingerprint density at radius 1 is 1.41 bits per heavy atom. The van der Waals surface area contributed by atoms with Crippen molar-refractivity contribution in [1.29, 1.82) is 0 Å². The van der Waals surface area contributed by atoms with Crippen LogP contribution in [0.1, 0.15) is 12.5 Å². The van der Waals surface area contributed by atoms with Crippen LogP contribution in [0.15, 0.2) is 29.1 Å². The van der Waals surface area contributed by atoms with Gasteiger partial charge in [0, 0.05) is 6.61 Å². The number of nitrogens with zero attached hydrogens (tertiary/aromatic N) is 1. The van der Waals surface area contributed by atoms with Gasteiger partial charge in [-0.1, -0.05) is 12.1 Å². The van der Waals surface area contributed by atoms with Crippen LogP contribution in [0.5, 0.6) is 0 Å². The van der Waals surface area contributed by atoms with Gasteiger partial charge in [-0.2, -0.15) is 0 Å². The first-order chi connectivity index (χ1) is 8.27. The van der Waals surface area contributed by atoms with Crippen molar-refractivity contribution in [2.75, 3.05) is 13.2 Å². The van der Waals surface area contributed by atoms with E-state index in [0.717, 1.165) is 11.0 Å². The summed E-state index contributed by atoms with van der Waals surface area (Å²) in [6.45, 7) is 0.865. The molecule has 17 heavy (non-hydrogen) atoms. The van der Waals surface area contributed by atoms with Crippen LogP contribution in [0.4, 0.5) is 0 Å². The molecule has 1 aromatic carbocycles. The molecule has 1 fully saturated rings. The summed E-state index contributed by atoms with van der Waals surface area (Å²) >= 11 is 0. The van der Waals surface area contributed by atoms with Gasteiger partial charge in [0.2, 0.25) is 0 Å². The topological polar surface area (TPSA) is 67.2 Å². The quantitative estimate of drug-likeness (QED) is 0.761. The lowest BCUT2D eigenvalue weighted by Gasteiger charge is -2.28. The van der Waals surface area contributed by atoms with Crippen LogP contribution < -0.4 is 5.69 Å².